The van der Waals surface area contributed by atoms with Gasteiger partial charge in [0.1, 0.15) is 23.0 Å². The Kier molecular flexibility index (Phi) is 5.51. The van der Waals surface area contributed by atoms with Gasteiger partial charge in [0.2, 0.25) is 0 Å². The van der Waals surface area contributed by atoms with Gasteiger partial charge in [0, 0.05) is 5.69 Å². The Labute approximate surface area is 183 Å². The Morgan fingerprint density at radius 1 is 1.16 bits per heavy atom. The molecule has 2 unspecified atom stereocenters. The molecule has 1 heterocycles. The fourth-order valence-corrected chi connectivity index (χ4v) is 6.72. The summed E-state index contributed by atoms with van der Waals surface area (Å²) < 4.78 is 72.1. The van der Waals surface area contributed by atoms with Gasteiger partial charge in [-0.05, 0) is 55.3 Å². The van der Waals surface area contributed by atoms with E-state index in [9.17, 15) is 26.0 Å². The monoisotopic (exact) mass is 485 g/mol. The summed E-state index contributed by atoms with van der Waals surface area (Å²) in [6.07, 6.45) is -1.59. The summed E-state index contributed by atoms with van der Waals surface area (Å²) in [4.78, 5) is 10.8. The molecular weight excluding hydrogens is 465 g/mol. The van der Waals surface area contributed by atoms with Crippen LogP contribution in [0.1, 0.15) is 12.8 Å². The van der Waals surface area contributed by atoms with E-state index < -0.39 is 55.0 Å². The Bertz CT molecular complexity index is 1260. The largest absolute Gasteiger partial charge is 0.484 e. The van der Waals surface area contributed by atoms with Crippen molar-refractivity contribution in [2.75, 3.05) is 16.2 Å². The standard InChI is InChI=1S/C19H20FN3O7S2/c20-11-1-4-14(5-2-11)32(28,29)23-10-17(18(21)31(26,27)13-6-7-13)30-16-8-3-12(9-15(16)23)22-19(24)25/h1-5,8-9,13,17-18,22H,6-7,10,21H2,(H,24,25). The van der Waals surface area contributed by atoms with Gasteiger partial charge in [-0.15, -0.1) is 0 Å². The van der Waals surface area contributed by atoms with Crippen LogP contribution in [0.4, 0.5) is 20.6 Å². The zero-order valence-electron chi connectivity index (χ0n) is 16.5. The number of hydrogen-bond donors (Lipinski definition) is 3. The number of carboxylic acid groups (broad SMARTS) is 1. The van der Waals surface area contributed by atoms with Crippen LogP contribution in [-0.4, -0.2) is 51.3 Å². The van der Waals surface area contributed by atoms with Crippen molar-refractivity contribution in [3.05, 3.63) is 48.3 Å². The number of ether oxygens (including phenoxy) is 1. The topological polar surface area (TPSA) is 156 Å². The molecular formula is C19H20FN3O7S2. The predicted octanol–water partition coefficient (Wildman–Crippen LogP) is 1.73. The molecule has 172 valence electrons. The molecule has 4 rings (SSSR count). The van der Waals surface area contributed by atoms with Crippen LogP contribution in [0.15, 0.2) is 47.4 Å². The second kappa shape index (κ2) is 7.90. The number of nitrogens with one attached hydrogen (secondary N) is 1. The number of hydrogen-bond acceptors (Lipinski definition) is 7. The van der Waals surface area contributed by atoms with Crippen molar-refractivity contribution in [2.45, 2.75) is 34.5 Å². The summed E-state index contributed by atoms with van der Waals surface area (Å²) >= 11 is 0. The minimum Gasteiger partial charge on any atom is -0.484 e. The van der Waals surface area contributed by atoms with Gasteiger partial charge in [0.05, 0.1) is 22.4 Å². The molecule has 10 nitrogen and oxygen atoms in total. The van der Waals surface area contributed by atoms with Gasteiger partial charge >= 0.3 is 6.09 Å². The molecule has 1 amide bonds. The van der Waals surface area contributed by atoms with E-state index in [2.05, 4.69) is 5.32 Å². The Balaban J connectivity index is 1.78. The maximum atomic E-state index is 13.4. The zero-order valence-corrected chi connectivity index (χ0v) is 18.1. The van der Waals surface area contributed by atoms with Gasteiger partial charge in [0.15, 0.2) is 9.84 Å². The number of amides is 1. The van der Waals surface area contributed by atoms with E-state index in [1.54, 1.807) is 0 Å². The Hall–Kier alpha value is -2.90. The van der Waals surface area contributed by atoms with E-state index in [0.29, 0.717) is 12.8 Å². The van der Waals surface area contributed by atoms with Crippen LogP contribution in [0, 0.1) is 5.82 Å². The molecule has 13 heteroatoms. The minimum atomic E-state index is -4.29. The number of nitrogens with two attached hydrogens (primary N) is 1. The number of benzene rings is 2. The number of nitrogens with zero attached hydrogens (tertiary/aromatic N) is 1. The summed E-state index contributed by atoms with van der Waals surface area (Å²) in [5, 5.41) is 9.05. The molecule has 0 radical (unpaired) electrons. The fraction of sp³-hybridized carbons (Fsp3) is 0.316. The highest BCUT2D eigenvalue weighted by molar-refractivity contribution is 7.93. The van der Waals surface area contributed by atoms with Crippen LogP contribution in [0.25, 0.3) is 0 Å². The van der Waals surface area contributed by atoms with E-state index >= 15 is 0 Å². The molecule has 4 N–H and O–H groups in total. The van der Waals surface area contributed by atoms with Gasteiger partial charge in [-0.3, -0.25) is 9.62 Å². The quantitative estimate of drug-likeness (QED) is 0.558. The molecule has 1 fully saturated rings. The fourth-order valence-electron chi connectivity index (χ4n) is 3.44. The van der Waals surface area contributed by atoms with Gasteiger partial charge in [-0.2, -0.15) is 0 Å². The van der Waals surface area contributed by atoms with Gasteiger partial charge in [-0.1, -0.05) is 0 Å². The molecule has 2 aromatic rings. The first-order valence-corrected chi connectivity index (χ1v) is 12.6. The molecule has 1 saturated carbocycles. The number of halogens is 1. The molecule has 2 aromatic carbocycles. The maximum absolute atomic E-state index is 13.4. The van der Waals surface area contributed by atoms with Crippen molar-refractivity contribution in [3.8, 4) is 5.75 Å². The molecule has 2 aliphatic rings. The van der Waals surface area contributed by atoms with Crippen LogP contribution >= 0.6 is 0 Å². The van der Waals surface area contributed by atoms with E-state index in [-0.39, 0.29) is 22.0 Å². The molecule has 2 atom stereocenters. The van der Waals surface area contributed by atoms with Crippen molar-refractivity contribution < 1.29 is 35.9 Å². The third kappa shape index (κ3) is 4.10. The summed E-state index contributed by atoms with van der Waals surface area (Å²) in [6, 6.07) is 8.05. The summed E-state index contributed by atoms with van der Waals surface area (Å²) in [5.41, 5.74) is 6.08. The molecule has 32 heavy (non-hydrogen) atoms. The lowest BCUT2D eigenvalue weighted by atomic mass is 10.2. The zero-order chi connectivity index (χ0) is 23.3. The summed E-state index contributed by atoms with van der Waals surface area (Å²) in [7, 11) is -8.03. The number of sulfonamides is 1. The number of fused-ring (bicyclic) bond motifs is 1. The molecule has 1 aliphatic heterocycles. The van der Waals surface area contributed by atoms with Crippen molar-refractivity contribution in [1.29, 1.82) is 0 Å². The predicted molar refractivity (Wildman–Crippen MR) is 113 cm³/mol. The Morgan fingerprint density at radius 2 is 1.81 bits per heavy atom. The molecule has 0 bridgehead atoms. The maximum Gasteiger partial charge on any atom is 0.409 e. The van der Waals surface area contributed by atoms with Crippen LogP contribution in [-0.2, 0) is 19.9 Å². The lowest BCUT2D eigenvalue weighted by molar-refractivity contribution is 0.194. The lowest BCUT2D eigenvalue weighted by Crippen LogP contribution is -2.55. The van der Waals surface area contributed by atoms with Gasteiger partial charge < -0.3 is 15.6 Å². The highest BCUT2D eigenvalue weighted by Gasteiger charge is 2.46. The van der Waals surface area contributed by atoms with E-state index in [1.165, 1.54) is 18.2 Å². The second-order valence-electron chi connectivity index (χ2n) is 7.51. The van der Waals surface area contributed by atoms with Crippen LogP contribution in [0.5, 0.6) is 5.75 Å². The highest BCUT2D eigenvalue weighted by Crippen LogP contribution is 2.41. The normalized spacial score (nSPS) is 19.6. The number of carbonyl (C=O) groups is 1. The van der Waals surface area contributed by atoms with Gasteiger partial charge in [0.25, 0.3) is 10.0 Å². The van der Waals surface area contributed by atoms with E-state index in [4.69, 9.17) is 15.6 Å². The van der Waals surface area contributed by atoms with E-state index in [1.807, 2.05) is 0 Å². The van der Waals surface area contributed by atoms with Crippen molar-refractivity contribution in [3.63, 3.8) is 0 Å². The first-order valence-electron chi connectivity index (χ1n) is 9.57. The van der Waals surface area contributed by atoms with Crippen molar-refractivity contribution >= 4 is 37.3 Å². The third-order valence-corrected chi connectivity index (χ3v) is 9.50. The molecule has 0 spiro atoms. The van der Waals surface area contributed by atoms with E-state index in [0.717, 1.165) is 28.6 Å². The average Bonchev–Trinajstić information content (AvgIpc) is 3.58. The van der Waals surface area contributed by atoms with Gasteiger partial charge in [-0.25, -0.2) is 26.0 Å². The molecule has 0 aromatic heterocycles. The summed E-state index contributed by atoms with van der Waals surface area (Å²) in [5.74, 6) is -0.612. The Morgan fingerprint density at radius 3 is 2.41 bits per heavy atom. The smallest absolute Gasteiger partial charge is 0.409 e. The first-order chi connectivity index (χ1) is 15.0. The number of anilines is 2. The second-order valence-corrected chi connectivity index (χ2v) is 11.8. The number of sulfone groups is 1. The first kappa shape index (κ1) is 22.3. The van der Waals surface area contributed by atoms with Crippen LogP contribution in [0.3, 0.4) is 0 Å². The van der Waals surface area contributed by atoms with Crippen molar-refractivity contribution in [1.82, 2.24) is 0 Å². The molecule has 1 aliphatic carbocycles. The lowest BCUT2D eigenvalue weighted by Gasteiger charge is -2.37. The minimum absolute atomic E-state index is 0.00663. The highest BCUT2D eigenvalue weighted by atomic mass is 32.2. The summed E-state index contributed by atoms with van der Waals surface area (Å²) in [6.45, 7) is -0.434. The molecule has 0 saturated heterocycles. The third-order valence-electron chi connectivity index (χ3n) is 5.24. The average molecular weight is 486 g/mol. The number of rotatable bonds is 6. The SMILES string of the molecule is NC(C1CN(S(=O)(=O)c2ccc(F)cc2)c2cc(NC(=O)O)ccc2O1)S(=O)(=O)C1CC1. The van der Waals surface area contributed by atoms with Crippen LogP contribution in [0.2, 0.25) is 0 Å². The van der Waals surface area contributed by atoms with Crippen molar-refractivity contribution in [2.24, 2.45) is 5.73 Å². The van der Waals surface area contributed by atoms with Crippen LogP contribution < -0.4 is 20.1 Å².